The number of carbonyl (C=O) groups excluding carboxylic acids is 2. The van der Waals surface area contributed by atoms with E-state index < -0.39 is 18.4 Å². The van der Waals surface area contributed by atoms with Crippen molar-refractivity contribution in [2.75, 3.05) is 47.5 Å². The van der Waals surface area contributed by atoms with Crippen LogP contribution in [0.4, 0.5) is 0 Å². The highest BCUT2D eigenvalue weighted by molar-refractivity contribution is 5.71. The molecule has 0 aromatic rings. The number of carboxylic acid groups (broad SMARTS) is 1. The van der Waals surface area contributed by atoms with E-state index >= 15 is 0 Å². The zero-order valence-electron chi connectivity index (χ0n) is 68.5. The molecule has 0 aliphatic heterocycles. The van der Waals surface area contributed by atoms with Gasteiger partial charge in [-0.1, -0.05) is 406 Å². The lowest BCUT2D eigenvalue weighted by atomic mass is 10.0. The first kappa shape index (κ1) is 98.9. The summed E-state index contributed by atoms with van der Waals surface area (Å²) in [6.45, 7) is 4.81. The highest BCUT2D eigenvalue weighted by atomic mass is 16.7. The molecule has 0 amide bonds. The van der Waals surface area contributed by atoms with Crippen LogP contribution >= 0.6 is 0 Å². The highest BCUT2D eigenvalue weighted by Crippen LogP contribution is 2.20. The molecule has 0 spiro atoms. The monoisotopic (exact) mass is 1440 g/mol. The van der Waals surface area contributed by atoms with Crippen LogP contribution in [-0.2, 0) is 33.3 Å². The standard InChI is InChI=1S/C94H167NO8/c1-6-8-10-12-14-16-18-20-22-24-26-28-30-32-34-36-38-40-42-44-45-46-47-49-51-53-55-57-59-61-63-65-67-69-71-73-75-77-79-81-83-85-92(97)103-90(89-102-94(93(98)99)100-87-86-95(3,4)5)88-101-91(96)84-82-80-78-76-74-72-70-68-66-64-62-60-58-56-54-52-50-48-43-41-39-37-35-33-31-29-27-25-23-21-19-17-15-13-11-9-7-2/h8,10,14,16,19-22,25-28,32,34,38,40,44-45,90,94H,6-7,9,11-13,15,17-18,23-24,29-31,33,35-37,39,41-43,46-89H2,1-5H3/p+1/b10-8-,16-14-,21-19-,22-20-,27-25-,28-26-,34-32-,40-38-,45-44-. The lowest BCUT2D eigenvalue weighted by Gasteiger charge is -2.25. The maximum atomic E-state index is 13.0. The fourth-order valence-electron chi connectivity index (χ4n) is 12.9. The molecule has 596 valence electrons. The van der Waals surface area contributed by atoms with E-state index in [1.54, 1.807) is 0 Å². The molecule has 9 heteroatoms. The second kappa shape index (κ2) is 83.6. The molecule has 9 nitrogen and oxygen atoms in total. The fraction of sp³-hybridized carbons (Fsp3) is 0.777. The zero-order chi connectivity index (χ0) is 74.6. The van der Waals surface area contributed by atoms with Crippen molar-refractivity contribution in [2.45, 2.75) is 424 Å². The number of carbonyl (C=O) groups is 3. The van der Waals surface area contributed by atoms with Crippen LogP contribution in [0.25, 0.3) is 0 Å². The molecule has 1 N–H and O–H groups in total. The van der Waals surface area contributed by atoms with Crippen LogP contribution in [-0.4, -0.2) is 87.4 Å². The van der Waals surface area contributed by atoms with Crippen molar-refractivity contribution >= 4 is 17.9 Å². The molecule has 0 aliphatic carbocycles. The van der Waals surface area contributed by atoms with E-state index in [4.69, 9.17) is 18.9 Å². The Kier molecular flexibility index (Phi) is 80.3. The number of hydrogen-bond acceptors (Lipinski definition) is 7. The van der Waals surface area contributed by atoms with Crippen molar-refractivity contribution < 1.29 is 42.9 Å². The van der Waals surface area contributed by atoms with Crippen LogP contribution in [0.1, 0.15) is 412 Å². The number of carboxylic acids is 1. The van der Waals surface area contributed by atoms with E-state index in [-0.39, 0.29) is 38.2 Å². The number of nitrogens with zero attached hydrogens (tertiary/aromatic N) is 1. The Morgan fingerprint density at radius 1 is 0.301 bits per heavy atom. The summed E-state index contributed by atoms with van der Waals surface area (Å²) in [5.74, 6) is -1.98. The fourth-order valence-corrected chi connectivity index (χ4v) is 12.9. The maximum Gasteiger partial charge on any atom is 0.361 e. The topological polar surface area (TPSA) is 108 Å². The third-order valence-corrected chi connectivity index (χ3v) is 19.5. The molecule has 0 radical (unpaired) electrons. The quantitative estimate of drug-likeness (QED) is 0.0211. The molecule has 0 aliphatic rings. The van der Waals surface area contributed by atoms with Gasteiger partial charge < -0.3 is 28.5 Å². The molecule has 103 heavy (non-hydrogen) atoms. The summed E-state index contributed by atoms with van der Waals surface area (Å²) < 4.78 is 23.1. The van der Waals surface area contributed by atoms with Gasteiger partial charge in [-0.05, 0) is 103 Å². The minimum atomic E-state index is -1.51. The van der Waals surface area contributed by atoms with Gasteiger partial charge in [-0.15, -0.1) is 0 Å². The van der Waals surface area contributed by atoms with E-state index in [1.807, 2.05) is 21.1 Å². The van der Waals surface area contributed by atoms with Crippen LogP contribution in [0, 0.1) is 0 Å². The molecule has 0 rings (SSSR count). The van der Waals surface area contributed by atoms with E-state index in [0.29, 0.717) is 17.4 Å². The molecular weight excluding hydrogens is 1270 g/mol. The third-order valence-electron chi connectivity index (χ3n) is 19.5. The van der Waals surface area contributed by atoms with Crippen LogP contribution < -0.4 is 0 Å². The molecule has 0 aromatic carbocycles. The predicted octanol–water partition coefficient (Wildman–Crippen LogP) is 28.8. The first-order valence-electron chi connectivity index (χ1n) is 44.1. The summed E-state index contributed by atoms with van der Waals surface area (Å²) in [4.78, 5) is 37.8. The summed E-state index contributed by atoms with van der Waals surface area (Å²) in [5, 5.41) is 9.79. The summed E-state index contributed by atoms with van der Waals surface area (Å²) in [5.41, 5.74) is 0. The maximum absolute atomic E-state index is 13.0. The number of allylic oxidation sites excluding steroid dienone is 18. The first-order valence-corrected chi connectivity index (χ1v) is 44.1. The summed E-state index contributed by atoms with van der Waals surface area (Å²) in [6.07, 6.45) is 116. The lowest BCUT2D eigenvalue weighted by Crippen LogP contribution is -2.40. The first-order chi connectivity index (χ1) is 50.6. The smallest absolute Gasteiger partial charge is 0.361 e. The number of likely N-dealkylation sites (N-methyl/N-ethyl adjacent to an activating group) is 1. The van der Waals surface area contributed by atoms with E-state index in [0.717, 1.165) is 89.9 Å². The molecule has 0 heterocycles. The van der Waals surface area contributed by atoms with Gasteiger partial charge in [0.25, 0.3) is 6.29 Å². The number of esters is 2. The summed E-state index contributed by atoms with van der Waals surface area (Å²) >= 11 is 0. The molecule has 0 fully saturated rings. The van der Waals surface area contributed by atoms with Crippen molar-refractivity contribution in [1.82, 2.24) is 0 Å². The van der Waals surface area contributed by atoms with Crippen molar-refractivity contribution in [2.24, 2.45) is 0 Å². The molecule has 0 saturated carbocycles. The molecule has 0 bridgehead atoms. The zero-order valence-corrected chi connectivity index (χ0v) is 68.5. The number of rotatable bonds is 82. The Labute approximate surface area is 638 Å². The van der Waals surface area contributed by atoms with Gasteiger partial charge in [0.05, 0.1) is 34.4 Å². The average Bonchev–Trinajstić information content (AvgIpc) is 1.01. The van der Waals surface area contributed by atoms with E-state index in [2.05, 4.69) is 123 Å². The van der Waals surface area contributed by atoms with Gasteiger partial charge in [0.15, 0.2) is 6.10 Å². The van der Waals surface area contributed by atoms with Crippen LogP contribution in [0.2, 0.25) is 0 Å². The lowest BCUT2D eigenvalue weighted by molar-refractivity contribution is -0.870. The minimum Gasteiger partial charge on any atom is -0.477 e. The van der Waals surface area contributed by atoms with Gasteiger partial charge in [-0.25, -0.2) is 4.79 Å². The Morgan fingerprint density at radius 2 is 0.553 bits per heavy atom. The van der Waals surface area contributed by atoms with E-state index in [9.17, 15) is 19.5 Å². The Hall–Kier alpha value is -4.05. The van der Waals surface area contributed by atoms with Crippen LogP contribution in [0.5, 0.6) is 0 Å². The number of hydrogen-bond donors (Lipinski definition) is 1. The van der Waals surface area contributed by atoms with Crippen molar-refractivity contribution in [3.8, 4) is 0 Å². The molecule has 0 saturated heterocycles. The van der Waals surface area contributed by atoms with Gasteiger partial charge in [0.1, 0.15) is 13.2 Å². The SMILES string of the molecule is CC/C=C\C/C=C\C/C=C\C/C=C\C/C=C\C/C=C\C/C=C\CCCCCCCCCCCCCCCCCCCCCC(=O)OC(COC(=O)CCCCCCCCCCCCCCCCCCCCCCCCCCC/C=C\C/C=C\CCCCCCC)COC(OCC[N+](C)(C)C)C(=O)O. The summed E-state index contributed by atoms with van der Waals surface area (Å²) in [7, 11) is 6.00. The van der Waals surface area contributed by atoms with Gasteiger partial charge in [0, 0.05) is 12.8 Å². The van der Waals surface area contributed by atoms with Crippen molar-refractivity contribution in [3.63, 3.8) is 0 Å². The Balaban J connectivity index is 3.95. The van der Waals surface area contributed by atoms with Crippen LogP contribution in [0.3, 0.4) is 0 Å². The molecule has 2 atom stereocenters. The van der Waals surface area contributed by atoms with Crippen molar-refractivity contribution in [3.05, 3.63) is 109 Å². The minimum absolute atomic E-state index is 0.179. The normalized spacial score (nSPS) is 13.1. The summed E-state index contributed by atoms with van der Waals surface area (Å²) in [6, 6.07) is 0. The third kappa shape index (κ3) is 85.1. The molecule has 2 unspecified atom stereocenters. The van der Waals surface area contributed by atoms with Gasteiger partial charge >= 0.3 is 17.9 Å². The average molecular weight is 1440 g/mol. The Morgan fingerprint density at radius 3 is 0.825 bits per heavy atom. The van der Waals surface area contributed by atoms with Crippen LogP contribution in [0.15, 0.2) is 109 Å². The largest absolute Gasteiger partial charge is 0.477 e. The van der Waals surface area contributed by atoms with E-state index in [1.165, 1.54) is 295 Å². The number of quaternary nitrogens is 1. The number of unbranched alkanes of at least 4 members (excludes halogenated alkanes) is 49. The van der Waals surface area contributed by atoms with Gasteiger partial charge in [-0.3, -0.25) is 9.59 Å². The highest BCUT2D eigenvalue weighted by Gasteiger charge is 2.25. The molecule has 0 aromatic heterocycles. The van der Waals surface area contributed by atoms with Crippen molar-refractivity contribution in [1.29, 1.82) is 0 Å². The second-order valence-corrected chi connectivity index (χ2v) is 30.8. The van der Waals surface area contributed by atoms with Gasteiger partial charge in [-0.2, -0.15) is 0 Å². The van der Waals surface area contributed by atoms with Gasteiger partial charge in [0.2, 0.25) is 0 Å². The predicted molar refractivity (Wildman–Crippen MR) is 447 cm³/mol. The number of aliphatic carboxylic acids is 1. The number of ether oxygens (including phenoxy) is 4. The Bertz CT molecular complexity index is 2070. The molecular formula is C94H168NO8+. The second-order valence-electron chi connectivity index (χ2n) is 30.8.